The number of rotatable bonds is 5. The van der Waals surface area contributed by atoms with E-state index in [0.29, 0.717) is 23.3 Å². The largest absolute Gasteiger partial charge is 0.493 e. The van der Waals surface area contributed by atoms with Crippen LogP contribution in [0.2, 0.25) is 0 Å². The van der Waals surface area contributed by atoms with Crippen LogP contribution in [-0.2, 0) is 6.61 Å². The molecular weight excluding hydrogens is 266 g/mol. The molecule has 0 bridgehead atoms. The summed E-state index contributed by atoms with van der Waals surface area (Å²) in [5, 5.41) is 0. The highest BCUT2D eigenvalue weighted by atomic mass is 19.1. The summed E-state index contributed by atoms with van der Waals surface area (Å²) in [6, 6.07) is 7.75. The van der Waals surface area contributed by atoms with Gasteiger partial charge < -0.3 is 9.47 Å². The maximum Gasteiger partial charge on any atom is 0.162 e. The van der Waals surface area contributed by atoms with Crippen molar-refractivity contribution < 1.29 is 23.0 Å². The molecular formula is C15H12F2O3. The Morgan fingerprint density at radius 2 is 1.90 bits per heavy atom. The monoisotopic (exact) mass is 278 g/mol. The number of hydrogen-bond acceptors (Lipinski definition) is 3. The zero-order valence-corrected chi connectivity index (χ0v) is 10.7. The first-order valence-corrected chi connectivity index (χ1v) is 5.84. The van der Waals surface area contributed by atoms with E-state index in [0.717, 1.165) is 18.2 Å². The average molecular weight is 278 g/mol. The number of ether oxygens (including phenoxy) is 2. The molecule has 0 atom stereocenters. The van der Waals surface area contributed by atoms with Gasteiger partial charge in [0.15, 0.2) is 11.5 Å². The molecule has 0 spiro atoms. The van der Waals surface area contributed by atoms with Gasteiger partial charge in [-0.2, -0.15) is 0 Å². The first-order chi connectivity index (χ1) is 9.63. The van der Waals surface area contributed by atoms with Crippen molar-refractivity contribution in [1.29, 1.82) is 0 Å². The molecule has 0 aliphatic rings. The predicted molar refractivity (Wildman–Crippen MR) is 69.1 cm³/mol. The van der Waals surface area contributed by atoms with Crippen molar-refractivity contribution in [3.8, 4) is 11.5 Å². The molecule has 20 heavy (non-hydrogen) atoms. The van der Waals surface area contributed by atoms with E-state index < -0.39 is 11.6 Å². The van der Waals surface area contributed by atoms with Crippen LogP contribution in [0.4, 0.5) is 8.78 Å². The summed E-state index contributed by atoms with van der Waals surface area (Å²) < 4.78 is 37.0. The fourth-order valence-corrected chi connectivity index (χ4v) is 1.69. The Balaban J connectivity index is 2.21. The zero-order valence-electron chi connectivity index (χ0n) is 10.7. The first-order valence-electron chi connectivity index (χ1n) is 5.84. The smallest absolute Gasteiger partial charge is 0.162 e. The lowest BCUT2D eigenvalue weighted by Crippen LogP contribution is -2.01. The van der Waals surface area contributed by atoms with Gasteiger partial charge in [-0.15, -0.1) is 0 Å². The molecule has 2 aromatic rings. The molecule has 3 nitrogen and oxygen atoms in total. The maximum atomic E-state index is 13.5. The minimum Gasteiger partial charge on any atom is -0.493 e. The van der Waals surface area contributed by atoms with Crippen molar-refractivity contribution in [3.63, 3.8) is 0 Å². The van der Waals surface area contributed by atoms with Gasteiger partial charge in [0.1, 0.15) is 24.5 Å². The summed E-state index contributed by atoms with van der Waals surface area (Å²) >= 11 is 0. The predicted octanol–water partition coefficient (Wildman–Crippen LogP) is 3.36. The molecule has 0 heterocycles. The molecule has 0 N–H and O–H groups in total. The van der Waals surface area contributed by atoms with Gasteiger partial charge in [0.05, 0.1) is 7.11 Å². The summed E-state index contributed by atoms with van der Waals surface area (Å²) in [6.07, 6.45) is 0.662. The SMILES string of the molecule is COc1ccc(C=O)cc1OCc1cc(F)ccc1F. The molecule has 0 saturated carbocycles. The summed E-state index contributed by atoms with van der Waals surface area (Å²) in [7, 11) is 1.45. The van der Waals surface area contributed by atoms with Gasteiger partial charge in [0, 0.05) is 11.1 Å². The summed E-state index contributed by atoms with van der Waals surface area (Å²) in [5.74, 6) is -0.399. The number of halogens is 2. The third-order valence-electron chi connectivity index (χ3n) is 2.71. The van der Waals surface area contributed by atoms with Crippen LogP contribution in [0.25, 0.3) is 0 Å². The Hall–Kier alpha value is -2.43. The number of benzene rings is 2. The molecule has 104 valence electrons. The number of aldehydes is 1. The van der Waals surface area contributed by atoms with E-state index >= 15 is 0 Å². The highest BCUT2D eigenvalue weighted by Gasteiger charge is 2.09. The van der Waals surface area contributed by atoms with Crippen LogP contribution in [0.15, 0.2) is 36.4 Å². The standard InChI is InChI=1S/C15H12F2O3/c1-19-14-5-2-10(8-18)6-15(14)20-9-11-7-12(16)3-4-13(11)17/h2-8H,9H2,1H3. The van der Waals surface area contributed by atoms with Crippen LogP contribution in [0.1, 0.15) is 15.9 Å². The third-order valence-corrected chi connectivity index (χ3v) is 2.71. The van der Waals surface area contributed by atoms with Crippen molar-refractivity contribution in [2.45, 2.75) is 6.61 Å². The van der Waals surface area contributed by atoms with Crippen LogP contribution in [0.3, 0.4) is 0 Å². The molecule has 0 fully saturated rings. The number of carbonyl (C=O) groups excluding carboxylic acids is 1. The second kappa shape index (κ2) is 6.14. The number of hydrogen-bond donors (Lipinski definition) is 0. The lowest BCUT2D eigenvalue weighted by Gasteiger charge is -2.11. The van der Waals surface area contributed by atoms with Crippen molar-refractivity contribution >= 4 is 6.29 Å². The van der Waals surface area contributed by atoms with E-state index in [-0.39, 0.29) is 12.2 Å². The van der Waals surface area contributed by atoms with Gasteiger partial charge in [-0.3, -0.25) is 4.79 Å². The minimum atomic E-state index is -0.558. The van der Waals surface area contributed by atoms with Crippen LogP contribution < -0.4 is 9.47 Å². The van der Waals surface area contributed by atoms with Crippen molar-refractivity contribution in [2.24, 2.45) is 0 Å². The highest BCUT2D eigenvalue weighted by molar-refractivity contribution is 5.76. The lowest BCUT2D eigenvalue weighted by atomic mass is 10.2. The van der Waals surface area contributed by atoms with Gasteiger partial charge >= 0.3 is 0 Å². The van der Waals surface area contributed by atoms with Crippen LogP contribution in [-0.4, -0.2) is 13.4 Å². The van der Waals surface area contributed by atoms with Gasteiger partial charge in [-0.1, -0.05) is 0 Å². The van der Waals surface area contributed by atoms with Gasteiger partial charge in [0.2, 0.25) is 0 Å². The second-order valence-corrected chi connectivity index (χ2v) is 4.05. The van der Waals surface area contributed by atoms with E-state index in [1.54, 1.807) is 12.1 Å². The molecule has 0 radical (unpaired) electrons. The topological polar surface area (TPSA) is 35.5 Å². The Kier molecular flexibility index (Phi) is 4.30. The first kappa shape index (κ1) is 14.0. The van der Waals surface area contributed by atoms with Gasteiger partial charge in [0.25, 0.3) is 0 Å². The minimum absolute atomic E-state index is 0.0866. The van der Waals surface area contributed by atoms with Crippen molar-refractivity contribution in [1.82, 2.24) is 0 Å². The number of methoxy groups -OCH3 is 1. The molecule has 0 aromatic heterocycles. The Labute approximate surface area is 114 Å². The Bertz CT molecular complexity index is 627. The van der Waals surface area contributed by atoms with Gasteiger partial charge in [-0.25, -0.2) is 8.78 Å². The molecule has 0 aliphatic carbocycles. The Morgan fingerprint density at radius 1 is 1.10 bits per heavy atom. The van der Waals surface area contributed by atoms with E-state index in [4.69, 9.17) is 9.47 Å². The molecule has 5 heteroatoms. The van der Waals surface area contributed by atoms with Crippen molar-refractivity contribution in [3.05, 3.63) is 59.2 Å². The van der Waals surface area contributed by atoms with Gasteiger partial charge in [-0.05, 0) is 36.4 Å². The molecule has 0 unspecified atom stereocenters. The van der Waals surface area contributed by atoms with Crippen LogP contribution in [0.5, 0.6) is 11.5 Å². The fourth-order valence-electron chi connectivity index (χ4n) is 1.69. The zero-order chi connectivity index (χ0) is 14.5. The number of carbonyl (C=O) groups is 1. The maximum absolute atomic E-state index is 13.5. The molecule has 0 amide bonds. The van der Waals surface area contributed by atoms with E-state index in [1.165, 1.54) is 13.2 Å². The van der Waals surface area contributed by atoms with Crippen LogP contribution in [0, 0.1) is 11.6 Å². The molecule has 2 aromatic carbocycles. The fraction of sp³-hybridized carbons (Fsp3) is 0.133. The van der Waals surface area contributed by atoms with Crippen molar-refractivity contribution in [2.75, 3.05) is 7.11 Å². The van der Waals surface area contributed by atoms with E-state index in [1.807, 2.05) is 0 Å². The molecule has 0 aliphatic heterocycles. The summed E-state index contributed by atoms with van der Waals surface area (Å²) in [5.41, 5.74) is 0.490. The second-order valence-electron chi connectivity index (χ2n) is 4.05. The average Bonchev–Trinajstić information content (AvgIpc) is 2.47. The highest BCUT2D eigenvalue weighted by Crippen LogP contribution is 2.28. The normalized spacial score (nSPS) is 10.2. The lowest BCUT2D eigenvalue weighted by molar-refractivity contribution is 0.112. The summed E-state index contributed by atoms with van der Waals surface area (Å²) in [4.78, 5) is 10.7. The quantitative estimate of drug-likeness (QED) is 0.787. The Morgan fingerprint density at radius 3 is 2.60 bits per heavy atom. The van der Waals surface area contributed by atoms with E-state index in [2.05, 4.69) is 0 Å². The third kappa shape index (κ3) is 3.12. The molecule has 0 saturated heterocycles. The van der Waals surface area contributed by atoms with Crippen LogP contribution >= 0.6 is 0 Å². The summed E-state index contributed by atoms with van der Waals surface area (Å²) in [6.45, 7) is -0.164. The van der Waals surface area contributed by atoms with E-state index in [9.17, 15) is 13.6 Å². The molecule has 2 rings (SSSR count).